The fraction of sp³-hybridized carbons (Fsp3) is 0.692. The summed E-state index contributed by atoms with van der Waals surface area (Å²) in [4.78, 5) is 5.63. The number of unbranched alkanes of at least 4 members (excludes halogenated alkanes) is 4. The predicted octanol–water partition coefficient (Wildman–Crippen LogP) is 8.93. The molecule has 0 spiro atoms. The topological polar surface area (TPSA) is 6.48 Å². The van der Waals surface area contributed by atoms with Gasteiger partial charge in [-0.3, -0.25) is 0 Å². The summed E-state index contributed by atoms with van der Waals surface area (Å²) in [6.45, 7) is 8.25. The van der Waals surface area contributed by atoms with Crippen LogP contribution in [0.3, 0.4) is 0 Å². The minimum absolute atomic E-state index is 1.01. The molecule has 4 saturated heterocycles. The Kier molecular flexibility index (Phi) is 9.16. The molecule has 2 aromatic rings. The van der Waals surface area contributed by atoms with Crippen LogP contribution >= 0.6 is 0 Å². The van der Waals surface area contributed by atoms with Gasteiger partial charge in [-0.25, -0.2) is 0 Å². The number of fused-ring (bicyclic) bond motifs is 11. The molecule has 0 unspecified atom stereocenters. The molecule has 4 heterocycles. The highest BCUT2D eigenvalue weighted by Gasteiger charge is 2.30. The van der Waals surface area contributed by atoms with E-state index in [1.165, 1.54) is 153 Å². The van der Waals surface area contributed by atoms with Crippen LogP contribution in [0.15, 0.2) is 36.4 Å². The number of aryl methyl sites for hydroxylation is 2. The number of benzene rings is 2. The highest BCUT2D eigenvalue weighted by Crippen LogP contribution is 2.38. The number of rotatable bonds is 12. The summed E-state index contributed by atoms with van der Waals surface area (Å²) in [5.41, 5.74) is 9.25. The van der Waals surface area contributed by atoms with Gasteiger partial charge in [-0.2, -0.15) is 0 Å². The molecule has 4 aliphatic heterocycles. The van der Waals surface area contributed by atoms with Gasteiger partial charge in [0.2, 0.25) is 0 Å². The van der Waals surface area contributed by atoms with Gasteiger partial charge in [0, 0.05) is 26.2 Å². The lowest BCUT2D eigenvalue weighted by Gasteiger charge is -2.22. The summed E-state index contributed by atoms with van der Waals surface area (Å²) >= 11 is 0. The Morgan fingerprint density at radius 3 is 1.24 bits per heavy atom. The first-order chi connectivity index (χ1) is 20.2. The highest BCUT2D eigenvalue weighted by atomic mass is 15.1. The molecule has 9 rings (SSSR count). The SMILES string of the molecule is c1cc2c(cc1CCCCCN1CC3CCC(CC3)C1)Cc1cc(CCCCCN3CC4CCC(CC4)C3)ccc1-2. The molecular weight excluding hydrogens is 496 g/mol. The van der Waals surface area contributed by atoms with E-state index < -0.39 is 0 Å². The van der Waals surface area contributed by atoms with Gasteiger partial charge < -0.3 is 9.80 Å². The summed E-state index contributed by atoms with van der Waals surface area (Å²) in [7, 11) is 0. The summed E-state index contributed by atoms with van der Waals surface area (Å²) in [6.07, 6.45) is 23.9. The Labute approximate surface area is 251 Å². The van der Waals surface area contributed by atoms with Crippen LogP contribution in [-0.2, 0) is 19.3 Å². The Morgan fingerprint density at radius 2 is 0.854 bits per heavy atom. The molecule has 2 nitrogen and oxygen atoms in total. The molecule has 3 aliphatic carbocycles. The van der Waals surface area contributed by atoms with Crippen LogP contribution in [0.1, 0.15) is 112 Å². The van der Waals surface area contributed by atoms with Crippen molar-refractivity contribution in [2.45, 2.75) is 109 Å². The molecular formula is C39H56N2. The molecule has 7 aliphatic rings. The molecule has 222 valence electrons. The molecule has 41 heavy (non-hydrogen) atoms. The Bertz CT molecular complexity index is 1020. The second-order valence-corrected chi connectivity index (χ2v) is 15.1. The molecule has 4 bridgehead atoms. The minimum Gasteiger partial charge on any atom is -0.303 e. The van der Waals surface area contributed by atoms with E-state index in [1.54, 1.807) is 22.3 Å². The maximum atomic E-state index is 2.82. The fourth-order valence-electron chi connectivity index (χ4n) is 9.48. The van der Waals surface area contributed by atoms with Gasteiger partial charge in [-0.05, 0) is 166 Å². The monoisotopic (exact) mass is 552 g/mol. The van der Waals surface area contributed by atoms with Crippen molar-refractivity contribution in [2.75, 3.05) is 39.3 Å². The zero-order chi connectivity index (χ0) is 27.4. The molecule has 2 saturated carbocycles. The summed E-state index contributed by atoms with van der Waals surface area (Å²) in [6, 6.07) is 14.8. The van der Waals surface area contributed by atoms with Crippen molar-refractivity contribution in [3.05, 3.63) is 58.7 Å². The van der Waals surface area contributed by atoms with E-state index in [0.717, 1.165) is 30.1 Å². The highest BCUT2D eigenvalue weighted by molar-refractivity contribution is 5.77. The average Bonchev–Trinajstić information content (AvgIpc) is 3.26. The fourth-order valence-corrected chi connectivity index (χ4v) is 9.48. The molecule has 2 heteroatoms. The largest absolute Gasteiger partial charge is 0.303 e. The van der Waals surface area contributed by atoms with E-state index >= 15 is 0 Å². The van der Waals surface area contributed by atoms with Crippen LogP contribution in [0, 0.1) is 23.7 Å². The summed E-state index contributed by atoms with van der Waals surface area (Å²) in [5.74, 6) is 4.03. The van der Waals surface area contributed by atoms with E-state index in [4.69, 9.17) is 0 Å². The maximum absolute atomic E-state index is 2.82. The molecule has 0 N–H and O–H groups in total. The van der Waals surface area contributed by atoms with E-state index in [2.05, 4.69) is 46.2 Å². The van der Waals surface area contributed by atoms with Gasteiger partial charge >= 0.3 is 0 Å². The zero-order valence-electron chi connectivity index (χ0n) is 25.9. The van der Waals surface area contributed by atoms with Gasteiger partial charge in [0.25, 0.3) is 0 Å². The average molecular weight is 553 g/mol. The smallest absolute Gasteiger partial charge is 0.000978 e. The first kappa shape index (κ1) is 28.1. The van der Waals surface area contributed by atoms with Crippen molar-refractivity contribution in [3.8, 4) is 11.1 Å². The molecule has 6 fully saturated rings. The molecule has 0 aromatic heterocycles. The van der Waals surface area contributed by atoms with E-state index in [1.807, 2.05) is 0 Å². The normalized spacial score (nSPS) is 27.5. The Morgan fingerprint density at radius 1 is 0.463 bits per heavy atom. The van der Waals surface area contributed by atoms with Crippen molar-refractivity contribution in [2.24, 2.45) is 23.7 Å². The molecule has 0 atom stereocenters. The molecule has 2 aromatic carbocycles. The lowest BCUT2D eigenvalue weighted by molar-refractivity contribution is 0.247. The third kappa shape index (κ3) is 7.13. The summed E-state index contributed by atoms with van der Waals surface area (Å²) < 4.78 is 0. The van der Waals surface area contributed by atoms with Crippen molar-refractivity contribution in [1.29, 1.82) is 0 Å². The van der Waals surface area contributed by atoms with Gasteiger partial charge in [0.15, 0.2) is 0 Å². The van der Waals surface area contributed by atoms with Gasteiger partial charge in [-0.1, -0.05) is 49.2 Å². The van der Waals surface area contributed by atoms with E-state index in [9.17, 15) is 0 Å². The molecule has 0 amide bonds. The van der Waals surface area contributed by atoms with Crippen LogP contribution < -0.4 is 0 Å². The van der Waals surface area contributed by atoms with Crippen LogP contribution in [0.4, 0.5) is 0 Å². The van der Waals surface area contributed by atoms with E-state index in [-0.39, 0.29) is 0 Å². The Hall–Kier alpha value is -1.64. The minimum atomic E-state index is 1.01. The second kappa shape index (κ2) is 13.3. The van der Waals surface area contributed by atoms with Crippen molar-refractivity contribution in [1.82, 2.24) is 9.80 Å². The van der Waals surface area contributed by atoms with Crippen molar-refractivity contribution < 1.29 is 0 Å². The lowest BCUT2D eigenvalue weighted by Crippen LogP contribution is -2.29. The van der Waals surface area contributed by atoms with Gasteiger partial charge in [0.05, 0.1) is 0 Å². The maximum Gasteiger partial charge on any atom is 0.000978 e. The lowest BCUT2D eigenvalue weighted by atomic mass is 9.84. The van der Waals surface area contributed by atoms with E-state index in [0.29, 0.717) is 0 Å². The second-order valence-electron chi connectivity index (χ2n) is 15.1. The third-order valence-corrected chi connectivity index (χ3v) is 11.9. The number of hydrogen-bond acceptors (Lipinski definition) is 2. The first-order valence-corrected chi connectivity index (χ1v) is 17.9. The first-order valence-electron chi connectivity index (χ1n) is 17.9. The van der Waals surface area contributed by atoms with Crippen LogP contribution in [0.5, 0.6) is 0 Å². The standard InChI is InChI=1S/C39H56N2/c1(5-21-40-26-32-9-10-33(27-40)12-11-32)3-7-30-17-19-38-36(23-30)25-37-24-31(18-20-39(37)38)8-4-2-6-22-41-28-34-13-14-35(29-41)16-15-34/h17-20,23-24,32-35H,1-16,21-22,25-29H2. The molecule has 0 radical (unpaired) electrons. The quantitative estimate of drug-likeness (QED) is 0.207. The van der Waals surface area contributed by atoms with Crippen LogP contribution in [-0.4, -0.2) is 49.1 Å². The predicted molar refractivity (Wildman–Crippen MR) is 174 cm³/mol. The van der Waals surface area contributed by atoms with Crippen molar-refractivity contribution in [3.63, 3.8) is 0 Å². The Balaban J connectivity index is 0.822. The van der Waals surface area contributed by atoms with Crippen LogP contribution in [0.25, 0.3) is 11.1 Å². The summed E-state index contributed by atoms with van der Waals surface area (Å²) in [5, 5.41) is 0. The number of nitrogens with zero attached hydrogens (tertiary/aromatic N) is 2. The number of hydrogen-bond donors (Lipinski definition) is 0. The van der Waals surface area contributed by atoms with Crippen molar-refractivity contribution >= 4 is 0 Å². The van der Waals surface area contributed by atoms with Gasteiger partial charge in [0.1, 0.15) is 0 Å². The van der Waals surface area contributed by atoms with Crippen LogP contribution in [0.2, 0.25) is 0 Å². The third-order valence-electron chi connectivity index (χ3n) is 11.9. The zero-order valence-corrected chi connectivity index (χ0v) is 25.9. The van der Waals surface area contributed by atoms with Gasteiger partial charge in [-0.15, -0.1) is 0 Å².